The molecule has 1 nitrogen and oxygen atoms in total. The second kappa shape index (κ2) is 15.6. The summed E-state index contributed by atoms with van der Waals surface area (Å²) in [4.78, 5) is 2.53. The second-order valence-corrected chi connectivity index (χ2v) is 18.1. The van der Waals surface area contributed by atoms with Crippen LogP contribution in [0.2, 0.25) is 0 Å². The second-order valence-electron chi connectivity index (χ2n) is 18.1. The molecule has 0 saturated carbocycles. The van der Waals surface area contributed by atoms with Gasteiger partial charge in [-0.1, -0.05) is 224 Å². The van der Waals surface area contributed by atoms with Crippen LogP contribution in [0.15, 0.2) is 255 Å². The number of hydrogen-bond donors (Lipinski definition) is 0. The van der Waals surface area contributed by atoms with E-state index in [9.17, 15) is 0 Å². The van der Waals surface area contributed by atoms with Gasteiger partial charge in [-0.15, -0.1) is 0 Å². The minimum absolute atomic E-state index is 0.399. The van der Waals surface area contributed by atoms with Gasteiger partial charge in [-0.25, -0.2) is 0 Å². The quantitative estimate of drug-likeness (QED) is 0.144. The smallest absolute Gasteiger partial charge is 0.0540 e. The largest absolute Gasteiger partial charge is 0.310 e. The number of nitrogens with zero attached hydrogens (tertiary/aromatic N) is 1. The molecule has 1 aliphatic rings. The average Bonchev–Trinajstić information content (AvgIpc) is 3.68. The summed E-state index contributed by atoms with van der Waals surface area (Å²) in [5, 5.41) is 9.97. The summed E-state index contributed by atoms with van der Waals surface area (Å²) in [6.07, 6.45) is 0. The maximum Gasteiger partial charge on any atom is 0.0540 e. The van der Waals surface area contributed by atoms with Crippen molar-refractivity contribution in [2.24, 2.45) is 0 Å². The Morgan fingerprint density at radius 2 is 0.836 bits per heavy atom. The molecular formula is C66H45N. The lowest BCUT2D eigenvalue weighted by Gasteiger charge is -2.35. The van der Waals surface area contributed by atoms with Gasteiger partial charge in [0.15, 0.2) is 0 Å². The molecule has 0 heterocycles. The van der Waals surface area contributed by atoms with Crippen molar-refractivity contribution in [3.05, 3.63) is 271 Å². The molecule has 0 saturated heterocycles. The molecule has 0 bridgehead atoms. The van der Waals surface area contributed by atoms with E-state index in [4.69, 9.17) is 0 Å². The van der Waals surface area contributed by atoms with Crippen LogP contribution in [-0.2, 0) is 5.41 Å². The molecule has 1 unspecified atom stereocenters. The van der Waals surface area contributed by atoms with Crippen LogP contribution in [-0.4, -0.2) is 0 Å². The first-order valence-corrected chi connectivity index (χ1v) is 23.3. The minimum Gasteiger partial charge on any atom is -0.310 e. The van der Waals surface area contributed by atoms with Gasteiger partial charge in [-0.3, -0.25) is 0 Å². The van der Waals surface area contributed by atoms with Crippen molar-refractivity contribution in [1.29, 1.82) is 0 Å². The van der Waals surface area contributed by atoms with Gasteiger partial charge in [0.05, 0.1) is 11.4 Å². The topological polar surface area (TPSA) is 3.24 Å². The first kappa shape index (κ1) is 38.9. The number of rotatable bonds is 7. The standard InChI is InChI=1S/C66H45N/c1-66(49-24-9-4-10-25-49)60-32-16-15-28-55(60)58-31-18-34-62(65(58)66)67(61-33-17-30-52-51-26-12-11-19-45(51)37-42-56(52)61)50-39-35-44(36-40-50)48-38-41-54-53-27-13-14-29-57(53)63(46-20-5-2-6-21-46)64(59(54)43-48)47-22-7-3-8-23-47/h2-43H,1H3. The molecular weight excluding hydrogens is 807 g/mol. The Bertz CT molecular complexity index is 3850. The zero-order valence-electron chi connectivity index (χ0n) is 37.2. The molecule has 0 radical (unpaired) electrons. The molecule has 1 heteroatoms. The van der Waals surface area contributed by atoms with Crippen molar-refractivity contribution < 1.29 is 0 Å². The highest BCUT2D eigenvalue weighted by atomic mass is 15.1. The minimum atomic E-state index is -0.399. The Kier molecular flexibility index (Phi) is 9.05. The average molecular weight is 852 g/mol. The van der Waals surface area contributed by atoms with Gasteiger partial charge in [-0.2, -0.15) is 0 Å². The Morgan fingerprint density at radius 1 is 0.313 bits per heavy atom. The van der Waals surface area contributed by atoms with Crippen molar-refractivity contribution in [3.8, 4) is 44.5 Å². The summed E-state index contributed by atoms with van der Waals surface area (Å²) < 4.78 is 0. The first-order valence-electron chi connectivity index (χ1n) is 23.3. The van der Waals surface area contributed by atoms with E-state index in [0.29, 0.717) is 0 Å². The molecule has 0 fully saturated rings. The molecule has 1 atom stereocenters. The Hall–Kier alpha value is -8.52. The van der Waals surface area contributed by atoms with Crippen molar-refractivity contribution in [3.63, 3.8) is 0 Å². The van der Waals surface area contributed by atoms with E-state index >= 15 is 0 Å². The van der Waals surface area contributed by atoms with Gasteiger partial charge < -0.3 is 4.90 Å². The third kappa shape index (κ3) is 6.09. The van der Waals surface area contributed by atoms with Crippen LogP contribution in [0.25, 0.3) is 87.6 Å². The van der Waals surface area contributed by atoms with Crippen LogP contribution >= 0.6 is 0 Å². The fourth-order valence-corrected chi connectivity index (χ4v) is 11.4. The molecule has 1 aliphatic carbocycles. The SMILES string of the molecule is CC1(c2ccccc2)c2ccccc2-c2cccc(N(c3ccc(-c4ccc5c(c4)c(-c4ccccc4)c(-c4ccccc4)c4ccccc45)cc3)c3cccc4c3ccc3ccccc34)c21. The fourth-order valence-electron chi connectivity index (χ4n) is 11.4. The Labute approximate surface area is 391 Å². The Morgan fingerprint density at radius 3 is 1.60 bits per heavy atom. The lowest BCUT2D eigenvalue weighted by atomic mass is 9.73. The van der Waals surface area contributed by atoms with Crippen LogP contribution in [0.3, 0.4) is 0 Å². The van der Waals surface area contributed by atoms with E-state index in [-0.39, 0.29) is 0 Å². The van der Waals surface area contributed by atoms with E-state index in [0.717, 1.165) is 11.4 Å². The van der Waals surface area contributed by atoms with Gasteiger partial charge in [0.25, 0.3) is 0 Å². The van der Waals surface area contributed by atoms with Gasteiger partial charge in [0.1, 0.15) is 0 Å². The molecule has 0 aromatic heterocycles. The number of hydrogen-bond acceptors (Lipinski definition) is 1. The molecule has 314 valence electrons. The van der Waals surface area contributed by atoms with Gasteiger partial charge in [-0.05, 0) is 136 Å². The monoisotopic (exact) mass is 851 g/mol. The molecule has 0 N–H and O–H groups in total. The maximum atomic E-state index is 2.53. The summed E-state index contributed by atoms with van der Waals surface area (Å²) >= 11 is 0. The van der Waals surface area contributed by atoms with E-state index in [1.165, 1.54) is 110 Å². The molecule has 0 amide bonds. The van der Waals surface area contributed by atoms with Crippen LogP contribution in [0.4, 0.5) is 17.1 Å². The lowest BCUT2D eigenvalue weighted by Crippen LogP contribution is -2.25. The number of anilines is 3. The maximum absolute atomic E-state index is 2.53. The Balaban J connectivity index is 1.03. The predicted octanol–water partition coefficient (Wildman–Crippen LogP) is 18.1. The molecule has 13 rings (SSSR count). The molecule has 0 aliphatic heterocycles. The zero-order valence-corrected chi connectivity index (χ0v) is 37.2. The van der Waals surface area contributed by atoms with E-state index in [1.54, 1.807) is 0 Å². The first-order chi connectivity index (χ1) is 33.1. The summed E-state index contributed by atoms with van der Waals surface area (Å²) in [7, 11) is 0. The number of fused-ring (bicyclic) bond motifs is 9. The third-order valence-electron chi connectivity index (χ3n) is 14.5. The van der Waals surface area contributed by atoms with Gasteiger partial charge in [0, 0.05) is 16.5 Å². The summed E-state index contributed by atoms with van der Waals surface area (Å²) in [5.41, 5.74) is 16.8. The molecule has 12 aromatic rings. The molecule has 12 aromatic carbocycles. The lowest BCUT2D eigenvalue weighted by molar-refractivity contribution is 0.714. The normalized spacial score (nSPS) is 14.1. The zero-order chi connectivity index (χ0) is 44.5. The van der Waals surface area contributed by atoms with E-state index < -0.39 is 5.41 Å². The van der Waals surface area contributed by atoms with Crippen molar-refractivity contribution in [2.75, 3.05) is 4.90 Å². The van der Waals surface area contributed by atoms with E-state index in [2.05, 4.69) is 267 Å². The van der Waals surface area contributed by atoms with Crippen LogP contribution in [0.1, 0.15) is 23.6 Å². The van der Waals surface area contributed by atoms with Crippen molar-refractivity contribution in [1.82, 2.24) is 0 Å². The highest BCUT2D eigenvalue weighted by Crippen LogP contribution is 2.57. The molecule has 0 spiro atoms. The molecule has 67 heavy (non-hydrogen) atoms. The van der Waals surface area contributed by atoms with Gasteiger partial charge in [0.2, 0.25) is 0 Å². The van der Waals surface area contributed by atoms with Gasteiger partial charge >= 0.3 is 0 Å². The number of benzene rings is 12. The summed E-state index contributed by atoms with van der Waals surface area (Å²) in [5.74, 6) is 0. The van der Waals surface area contributed by atoms with Crippen LogP contribution < -0.4 is 4.90 Å². The summed E-state index contributed by atoms with van der Waals surface area (Å²) in [6.45, 7) is 2.42. The third-order valence-corrected chi connectivity index (χ3v) is 14.5. The highest BCUT2D eigenvalue weighted by molar-refractivity contribution is 6.22. The predicted molar refractivity (Wildman–Crippen MR) is 285 cm³/mol. The van der Waals surface area contributed by atoms with Crippen molar-refractivity contribution in [2.45, 2.75) is 12.3 Å². The van der Waals surface area contributed by atoms with E-state index in [1.807, 2.05) is 0 Å². The fraction of sp³-hybridized carbons (Fsp3) is 0.0303. The van der Waals surface area contributed by atoms with Crippen LogP contribution in [0.5, 0.6) is 0 Å². The van der Waals surface area contributed by atoms with Crippen LogP contribution in [0, 0.1) is 0 Å². The highest BCUT2D eigenvalue weighted by Gasteiger charge is 2.43. The van der Waals surface area contributed by atoms with Crippen molar-refractivity contribution >= 4 is 60.2 Å². The summed E-state index contributed by atoms with van der Waals surface area (Å²) in [6, 6.07) is 94.2.